The maximum absolute atomic E-state index is 12.6. The molecule has 1 aliphatic carbocycles. The van der Waals surface area contributed by atoms with E-state index in [0.717, 1.165) is 36.9 Å². The number of carbonyl (C=O) groups excluding carboxylic acids is 1. The molecule has 1 N–H and O–H groups in total. The minimum atomic E-state index is -0.576. The van der Waals surface area contributed by atoms with Crippen molar-refractivity contribution >= 4 is 23.6 Å². The highest BCUT2D eigenvalue weighted by Gasteiger charge is 2.45. The fourth-order valence-corrected chi connectivity index (χ4v) is 4.27. The number of nitriles is 1. The van der Waals surface area contributed by atoms with E-state index in [1.807, 2.05) is 35.4 Å². The van der Waals surface area contributed by atoms with E-state index < -0.39 is 5.92 Å². The number of aliphatic imine (C=N–C) groups is 2. The van der Waals surface area contributed by atoms with Crippen molar-refractivity contribution in [2.45, 2.75) is 31.7 Å². The molecule has 1 aromatic heterocycles. The number of nitrogens with one attached hydrogen (secondary N) is 1. The van der Waals surface area contributed by atoms with Crippen molar-refractivity contribution in [1.29, 1.82) is 5.26 Å². The number of nitrogens with zero attached hydrogens (tertiary/aromatic N) is 6. The van der Waals surface area contributed by atoms with Crippen LogP contribution in [0.5, 0.6) is 0 Å². The molecule has 0 bridgehead atoms. The van der Waals surface area contributed by atoms with Crippen LogP contribution >= 0.6 is 0 Å². The molecular weight excluding hydrogens is 382 g/mol. The topological polar surface area (TPSA) is 120 Å². The zero-order chi connectivity index (χ0) is 20.5. The van der Waals surface area contributed by atoms with Gasteiger partial charge in [-0.1, -0.05) is 18.0 Å². The number of fused-ring (bicyclic) bond motifs is 1. The van der Waals surface area contributed by atoms with E-state index in [9.17, 15) is 10.1 Å². The van der Waals surface area contributed by atoms with Gasteiger partial charge in [0.15, 0.2) is 0 Å². The number of amidine groups is 1. The Morgan fingerprint density at radius 1 is 1.23 bits per heavy atom. The van der Waals surface area contributed by atoms with Crippen molar-refractivity contribution < 1.29 is 9.32 Å². The monoisotopic (exact) mass is 401 g/mol. The highest BCUT2D eigenvalue weighted by Crippen LogP contribution is 2.36. The van der Waals surface area contributed by atoms with Gasteiger partial charge in [0.2, 0.25) is 12.2 Å². The Morgan fingerprint density at radius 3 is 2.83 bits per heavy atom. The van der Waals surface area contributed by atoms with Gasteiger partial charge in [-0.05, 0) is 43.2 Å². The fourth-order valence-electron chi connectivity index (χ4n) is 4.27. The molecule has 1 saturated heterocycles. The SMILES string of the molecule is N#C[C@H]1CCCCC1N1NC(=Nc2ccc(-c3ncon3)cc2)C2C(=O)N=CC=C21. The predicted molar refractivity (Wildman–Crippen MR) is 108 cm³/mol. The number of hydrogen-bond acceptors (Lipinski definition) is 7. The third-order valence-corrected chi connectivity index (χ3v) is 5.74. The zero-order valence-electron chi connectivity index (χ0n) is 16.1. The molecule has 3 atom stereocenters. The maximum Gasteiger partial charge on any atom is 0.262 e. The molecule has 0 spiro atoms. The Bertz CT molecular complexity index is 1080. The summed E-state index contributed by atoms with van der Waals surface area (Å²) in [6.45, 7) is 0. The van der Waals surface area contributed by atoms with Crippen LogP contribution in [0.3, 0.4) is 0 Å². The van der Waals surface area contributed by atoms with Gasteiger partial charge in [-0.3, -0.25) is 15.2 Å². The van der Waals surface area contributed by atoms with Gasteiger partial charge in [0.1, 0.15) is 11.8 Å². The lowest BCUT2D eigenvalue weighted by atomic mass is 9.84. The second kappa shape index (κ2) is 7.55. The van der Waals surface area contributed by atoms with Crippen molar-refractivity contribution in [3.8, 4) is 17.5 Å². The molecule has 2 fully saturated rings. The molecule has 150 valence electrons. The summed E-state index contributed by atoms with van der Waals surface area (Å²) in [6.07, 6.45) is 8.52. The maximum atomic E-state index is 12.6. The van der Waals surface area contributed by atoms with E-state index in [2.05, 4.69) is 26.6 Å². The number of rotatable bonds is 3. The first-order valence-corrected chi connectivity index (χ1v) is 9.93. The minimum absolute atomic E-state index is 0.00474. The molecule has 2 unspecified atom stereocenters. The van der Waals surface area contributed by atoms with Crippen LogP contribution in [-0.4, -0.2) is 39.1 Å². The number of hydrogen-bond donors (Lipinski definition) is 1. The first-order valence-electron chi connectivity index (χ1n) is 9.93. The highest BCUT2D eigenvalue weighted by atomic mass is 16.5. The number of benzene rings is 1. The standard InChI is InChI=1S/C21H19N7O2/c22-11-14-3-1-2-4-16(14)28-17-9-10-23-21(29)18(17)20(26-28)25-15-7-5-13(6-8-15)19-24-12-30-27-19/h5-10,12,14,16,18H,1-4H2,(H,25,26)/t14-,16?,18?/m1/s1. The Hall–Kier alpha value is -3.80. The van der Waals surface area contributed by atoms with Crippen molar-refractivity contribution in [2.75, 3.05) is 0 Å². The van der Waals surface area contributed by atoms with Crippen molar-refractivity contribution in [2.24, 2.45) is 21.8 Å². The number of hydrazine groups is 1. The number of allylic oxidation sites excluding steroid dienone is 1. The molecule has 5 rings (SSSR count). The second-order valence-electron chi connectivity index (χ2n) is 7.51. The van der Waals surface area contributed by atoms with Gasteiger partial charge in [0, 0.05) is 11.8 Å². The van der Waals surface area contributed by atoms with Gasteiger partial charge in [0.25, 0.3) is 5.91 Å². The van der Waals surface area contributed by atoms with Gasteiger partial charge in [-0.15, -0.1) is 0 Å². The third kappa shape index (κ3) is 3.16. The number of aromatic nitrogens is 2. The summed E-state index contributed by atoms with van der Waals surface area (Å²) >= 11 is 0. The number of amides is 1. The van der Waals surface area contributed by atoms with Gasteiger partial charge in [-0.25, -0.2) is 9.98 Å². The number of dihydropyridines is 1. The van der Waals surface area contributed by atoms with Gasteiger partial charge < -0.3 is 4.52 Å². The molecule has 2 aromatic rings. The average Bonchev–Trinajstić information content (AvgIpc) is 3.44. The summed E-state index contributed by atoms with van der Waals surface area (Å²) in [6, 6.07) is 9.81. The molecule has 9 nitrogen and oxygen atoms in total. The molecule has 0 radical (unpaired) electrons. The van der Waals surface area contributed by atoms with E-state index >= 15 is 0 Å². The largest absolute Gasteiger partial charge is 0.342 e. The van der Waals surface area contributed by atoms with Crippen molar-refractivity contribution in [1.82, 2.24) is 20.6 Å². The molecular formula is C21H19N7O2. The van der Waals surface area contributed by atoms with Gasteiger partial charge in [0.05, 0.1) is 29.4 Å². The van der Waals surface area contributed by atoms with Crippen LogP contribution in [0.2, 0.25) is 0 Å². The smallest absolute Gasteiger partial charge is 0.262 e. The second-order valence-corrected chi connectivity index (χ2v) is 7.51. The summed E-state index contributed by atoms with van der Waals surface area (Å²) < 4.78 is 4.78. The van der Waals surface area contributed by atoms with Crippen LogP contribution in [0, 0.1) is 23.2 Å². The lowest BCUT2D eigenvalue weighted by Crippen LogP contribution is -2.46. The van der Waals surface area contributed by atoms with Crippen LogP contribution in [0.4, 0.5) is 5.69 Å². The Balaban J connectivity index is 1.46. The average molecular weight is 401 g/mol. The van der Waals surface area contributed by atoms with E-state index in [1.165, 1.54) is 12.6 Å². The molecule has 1 saturated carbocycles. The van der Waals surface area contributed by atoms with E-state index in [-0.39, 0.29) is 17.9 Å². The predicted octanol–water partition coefficient (Wildman–Crippen LogP) is 2.78. The summed E-state index contributed by atoms with van der Waals surface area (Å²) in [5, 5.41) is 15.4. The first-order chi connectivity index (χ1) is 14.7. The normalized spacial score (nSPS) is 26.8. The van der Waals surface area contributed by atoms with Crippen LogP contribution in [-0.2, 0) is 4.79 Å². The van der Waals surface area contributed by atoms with E-state index in [0.29, 0.717) is 17.3 Å². The lowest BCUT2D eigenvalue weighted by molar-refractivity contribution is -0.119. The van der Waals surface area contributed by atoms with Crippen LogP contribution in [0.1, 0.15) is 25.7 Å². The molecule has 2 aliphatic heterocycles. The molecule has 1 aromatic carbocycles. The Morgan fingerprint density at radius 2 is 2.07 bits per heavy atom. The van der Waals surface area contributed by atoms with Crippen LogP contribution < -0.4 is 5.43 Å². The Labute approximate surface area is 172 Å². The highest BCUT2D eigenvalue weighted by molar-refractivity contribution is 6.12. The number of carbonyl (C=O) groups is 1. The summed E-state index contributed by atoms with van der Waals surface area (Å²) in [5.74, 6) is 0.108. The fraction of sp³-hybridized carbons (Fsp3) is 0.333. The first kappa shape index (κ1) is 18.2. The van der Waals surface area contributed by atoms with Crippen molar-refractivity contribution in [3.63, 3.8) is 0 Å². The van der Waals surface area contributed by atoms with Gasteiger partial charge in [-0.2, -0.15) is 10.2 Å². The molecule has 9 heteroatoms. The molecule has 3 heterocycles. The zero-order valence-corrected chi connectivity index (χ0v) is 16.1. The molecule has 30 heavy (non-hydrogen) atoms. The van der Waals surface area contributed by atoms with E-state index in [4.69, 9.17) is 9.52 Å². The van der Waals surface area contributed by atoms with E-state index in [1.54, 1.807) is 0 Å². The third-order valence-electron chi connectivity index (χ3n) is 5.74. The van der Waals surface area contributed by atoms with Crippen molar-refractivity contribution in [3.05, 3.63) is 42.4 Å². The minimum Gasteiger partial charge on any atom is -0.342 e. The Kier molecular flexibility index (Phi) is 4.59. The summed E-state index contributed by atoms with van der Waals surface area (Å²) in [4.78, 5) is 25.3. The van der Waals surface area contributed by atoms with Crippen LogP contribution in [0.15, 0.2) is 56.9 Å². The summed E-state index contributed by atoms with van der Waals surface area (Å²) in [7, 11) is 0. The quantitative estimate of drug-likeness (QED) is 0.839. The lowest BCUT2D eigenvalue weighted by Gasteiger charge is -2.36. The molecule has 1 amide bonds. The summed E-state index contributed by atoms with van der Waals surface area (Å²) in [5.41, 5.74) is 5.62. The molecule has 3 aliphatic rings. The van der Waals surface area contributed by atoms with Gasteiger partial charge >= 0.3 is 0 Å². The van der Waals surface area contributed by atoms with Crippen LogP contribution in [0.25, 0.3) is 11.4 Å².